The first kappa shape index (κ1) is 12.8. The summed E-state index contributed by atoms with van der Waals surface area (Å²) in [5.41, 5.74) is 0.939. The molecule has 0 spiro atoms. The topological polar surface area (TPSA) is 46.5 Å². The van der Waals surface area contributed by atoms with Gasteiger partial charge in [0.1, 0.15) is 5.41 Å². The van der Waals surface area contributed by atoms with Crippen molar-refractivity contribution in [3.8, 4) is 0 Å². The van der Waals surface area contributed by atoms with Gasteiger partial charge in [-0.2, -0.15) is 0 Å². The highest BCUT2D eigenvalue weighted by molar-refractivity contribution is 5.80. The fourth-order valence-electron chi connectivity index (χ4n) is 2.68. The quantitative estimate of drug-likeness (QED) is 0.655. The summed E-state index contributed by atoms with van der Waals surface area (Å²) in [7, 11) is 0. The van der Waals surface area contributed by atoms with Crippen LogP contribution in [-0.2, 0) is 16.0 Å². The minimum Gasteiger partial charge on any atom is -0.465 e. The molecule has 0 bridgehead atoms. The first-order chi connectivity index (χ1) is 8.65. The third-order valence-corrected chi connectivity index (χ3v) is 3.57. The van der Waals surface area contributed by atoms with Crippen molar-refractivity contribution in [3.05, 3.63) is 48.0 Å². The first-order valence-corrected chi connectivity index (χ1v) is 6.19. The van der Waals surface area contributed by atoms with Crippen LogP contribution in [0, 0.1) is 5.41 Å². The molecular formula is C15H18O3. The summed E-state index contributed by atoms with van der Waals surface area (Å²) in [6.07, 6.45) is 1.79. The maximum atomic E-state index is 12.2. The maximum Gasteiger partial charge on any atom is 0.315 e. The van der Waals surface area contributed by atoms with E-state index in [1.807, 2.05) is 24.3 Å². The van der Waals surface area contributed by atoms with Crippen LogP contribution in [0.25, 0.3) is 0 Å². The van der Waals surface area contributed by atoms with E-state index in [4.69, 9.17) is 4.74 Å². The van der Waals surface area contributed by atoms with Crippen molar-refractivity contribution in [3.63, 3.8) is 0 Å². The largest absolute Gasteiger partial charge is 0.465 e. The van der Waals surface area contributed by atoms with Gasteiger partial charge in [0.05, 0.1) is 12.7 Å². The van der Waals surface area contributed by atoms with E-state index in [9.17, 15) is 9.90 Å². The van der Waals surface area contributed by atoms with E-state index in [-0.39, 0.29) is 5.97 Å². The van der Waals surface area contributed by atoms with Gasteiger partial charge in [-0.25, -0.2) is 0 Å². The Bertz CT molecular complexity index is 467. The molecule has 2 rings (SSSR count). The molecule has 0 aromatic heterocycles. The molecule has 3 heteroatoms. The molecule has 0 radical (unpaired) electrons. The molecule has 1 aromatic carbocycles. The van der Waals surface area contributed by atoms with E-state index in [0.29, 0.717) is 19.4 Å². The summed E-state index contributed by atoms with van der Waals surface area (Å²) >= 11 is 0. The number of rotatable bonds is 4. The van der Waals surface area contributed by atoms with Gasteiger partial charge in [-0.05, 0) is 30.9 Å². The van der Waals surface area contributed by atoms with Crippen molar-refractivity contribution in [2.24, 2.45) is 5.41 Å². The average Bonchev–Trinajstić information content (AvgIpc) is 2.65. The lowest BCUT2D eigenvalue weighted by molar-refractivity contribution is -0.162. The minimum atomic E-state index is -0.901. The van der Waals surface area contributed by atoms with Crippen LogP contribution in [0.4, 0.5) is 0 Å². The molecule has 0 heterocycles. The van der Waals surface area contributed by atoms with Gasteiger partial charge in [0.2, 0.25) is 0 Å². The molecule has 2 atom stereocenters. The van der Waals surface area contributed by atoms with E-state index >= 15 is 0 Å². The molecule has 0 saturated carbocycles. The third kappa shape index (κ3) is 1.85. The fraction of sp³-hybridized carbons (Fsp3) is 0.400. The molecule has 0 saturated heterocycles. The van der Waals surface area contributed by atoms with Crippen LogP contribution in [-0.4, -0.2) is 17.7 Å². The molecule has 0 fully saturated rings. The Morgan fingerprint density at radius 2 is 2.33 bits per heavy atom. The van der Waals surface area contributed by atoms with Crippen LogP contribution in [0.3, 0.4) is 0 Å². The average molecular weight is 246 g/mol. The number of allylic oxidation sites excluding steroid dienone is 1. The van der Waals surface area contributed by atoms with Crippen LogP contribution in [0.2, 0.25) is 0 Å². The summed E-state index contributed by atoms with van der Waals surface area (Å²) < 4.78 is 5.14. The second-order valence-corrected chi connectivity index (χ2v) is 4.65. The Kier molecular flexibility index (Phi) is 3.53. The SMILES string of the molecule is C=CCC1(C(=O)OCC)Cc2ccccc2C1O. The summed E-state index contributed by atoms with van der Waals surface area (Å²) in [5.74, 6) is -0.339. The molecule has 3 nitrogen and oxygen atoms in total. The zero-order valence-electron chi connectivity index (χ0n) is 10.6. The van der Waals surface area contributed by atoms with E-state index in [2.05, 4.69) is 6.58 Å². The zero-order valence-corrected chi connectivity index (χ0v) is 10.6. The van der Waals surface area contributed by atoms with Crippen LogP contribution in [0.1, 0.15) is 30.6 Å². The number of fused-ring (bicyclic) bond motifs is 1. The standard InChI is InChI=1S/C15H18O3/c1-3-9-15(14(17)18-4-2)10-11-7-5-6-8-12(11)13(15)16/h3,5-8,13,16H,1,4,9-10H2,2H3. The highest BCUT2D eigenvalue weighted by atomic mass is 16.5. The van der Waals surface area contributed by atoms with Crippen molar-refractivity contribution in [1.82, 2.24) is 0 Å². The monoisotopic (exact) mass is 246 g/mol. The summed E-state index contributed by atoms with van der Waals surface area (Å²) in [5, 5.41) is 10.5. The number of esters is 1. The Balaban J connectivity index is 2.40. The van der Waals surface area contributed by atoms with Crippen LogP contribution in [0.15, 0.2) is 36.9 Å². The van der Waals surface area contributed by atoms with Crippen LogP contribution in [0.5, 0.6) is 0 Å². The highest BCUT2D eigenvalue weighted by Crippen LogP contribution is 2.49. The predicted molar refractivity (Wildman–Crippen MR) is 69.0 cm³/mol. The van der Waals surface area contributed by atoms with Crippen molar-refractivity contribution >= 4 is 5.97 Å². The molecule has 1 aromatic rings. The van der Waals surface area contributed by atoms with Gasteiger partial charge in [0.15, 0.2) is 0 Å². The van der Waals surface area contributed by atoms with Gasteiger partial charge in [-0.1, -0.05) is 30.3 Å². The lowest BCUT2D eigenvalue weighted by Gasteiger charge is -2.29. The number of carbonyl (C=O) groups is 1. The lowest BCUT2D eigenvalue weighted by atomic mass is 9.79. The predicted octanol–water partition coefficient (Wildman–Crippen LogP) is 2.40. The summed E-state index contributed by atoms with van der Waals surface area (Å²) in [4.78, 5) is 12.2. The van der Waals surface area contributed by atoms with Crippen molar-refractivity contribution in [2.45, 2.75) is 25.9 Å². The smallest absolute Gasteiger partial charge is 0.315 e. The van der Waals surface area contributed by atoms with E-state index in [1.165, 1.54) is 0 Å². The van der Waals surface area contributed by atoms with E-state index < -0.39 is 11.5 Å². The van der Waals surface area contributed by atoms with E-state index in [0.717, 1.165) is 11.1 Å². The maximum absolute atomic E-state index is 12.2. The number of aliphatic hydroxyl groups excluding tert-OH is 1. The Labute approximate surface area is 107 Å². The molecule has 1 N–H and O–H groups in total. The van der Waals surface area contributed by atoms with Gasteiger partial charge >= 0.3 is 5.97 Å². The van der Waals surface area contributed by atoms with Crippen LogP contribution >= 0.6 is 0 Å². The number of benzene rings is 1. The highest BCUT2D eigenvalue weighted by Gasteiger charge is 2.51. The fourth-order valence-corrected chi connectivity index (χ4v) is 2.68. The number of hydrogen-bond acceptors (Lipinski definition) is 3. The Hall–Kier alpha value is -1.61. The van der Waals surface area contributed by atoms with Gasteiger partial charge in [-0.3, -0.25) is 4.79 Å². The molecule has 96 valence electrons. The van der Waals surface area contributed by atoms with Gasteiger partial charge in [0, 0.05) is 0 Å². The second-order valence-electron chi connectivity index (χ2n) is 4.65. The summed E-state index contributed by atoms with van der Waals surface area (Å²) in [6.45, 7) is 5.78. The molecular weight excluding hydrogens is 228 g/mol. The molecule has 1 aliphatic carbocycles. The number of hydrogen-bond donors (Lipinski definition) is 1. The second kappa shape index (κ2) is 4.94. The molecule has 0 aliphatic heterocycles. The normalized spacial score (nSPS) is 25.6. The van der Waals surface area contributed by atoms with Crippen LogP contribution < -0.4 is 0 Å². The van der Waals surface area contributed by atoms with Gasteiger partial charge in [-0.15, -0.1) is 6.58 Å². The Morgan fingerprint density at radius 1 is 1.61 bits per heavy atom. The van der Waals surface area contributed by atoms with Gasteiger partial charge < -0.3 is 9.84 Å². The Morgan fingerprint density at radius 3 is 2.94 bits per heavy atom. The van der Waals surface area contributed by atoms with Crippen molar-refractivity contribution in [1.29, 1.82) is 0 Å². The number of carbonyl (C=O) groups excluding carboxylic acids is 1. The molecule has 0 amide bonds. The number of aliphatic hydroxyl groups is 1. The van der Waals surface area contributed by atoms with Crippen molar-refractivity contribution < 1.29 is 14.6 Å². The zero-order chi connectivity index (χ0) is 13.2. The van der Waals surface area contributed by atoms with Crippen molar-refractivity contribution in [2.75, 3.05) is 6.61 Å². The number of ether oxygens (including phenoxy) is 1. The first-order valence-electron chi connectivity index (χ1n) is 6.19. The summed E-state index contributed by atoms with van der Waals surface area (Å²) in [6, 6.07) is 7.60. The molecule has 18 heavy (non-hydrogen) atoms. The molecule has 1 aliphatic rings. The molecule has 2 unspecified atom stereocenters. The van der Waals surface area contributed by atoms with Gasteiger partial charge in [0.25, 0.3) is 0 Å². The minimum absolute atomic E-state index is 0.320. The van der Waals surface area contributed by atoms with E-state index in [1.54, 1.807) is 13.0 Å². The third-order valence-electron chi connectivity index (χ3n) is 3.57. The lowest BCUT2D eigenvalue weighted by Crippen LogP contribution is -2.36.